The van der Waals surface area contributed by atoms with E-state index in [1.807, 2.05) is 19.1 Å². The molecule has 0 bridgehead atoms. The van der Waals surface area contributed by atoms with Crippen LogP contribution in [0.3, 0.4) is 0 Å². The highest BCUT2D eigenvalue weighted by Crippen LogP contribution is 2.36. The second-order valence-electron chi connectivity index (χ2n) is 6.70. The second kappa shape index (κ2) is 9.40. The zero-order valence-corrected chi connectivity index (χ0v) is 18.4. The van der Waals surface area contributed by atoms with Gasteiger partial charge in [-0.3, -0.25) is 14.5 Å². The lowest BCUT2D eigenvalue weighted by atomic mass is 10.2. The molecule has 160 valence electrons. The number of hydrogen-bond acceptors (Lipinski definition) is 7. The normalized spacial score (nSPS) is 16.2. The summed E-state index contributed by atoms with van der Waals surface area (Å²) in [4.78, 5) is 27.0. The van der Waals surface area contributed by atoms with Crippen molar-refractivity contribution < 1.29 is 23.8 Å². The standard InChI is InChI=1S/C22H20N2O5S2/c1-2-27-16-6-4-15(5-7-16)23-20(25)9-10-24-21(26)19(31-22(24)30)12-14-3-8-17-18(11-14)29-13-28-17/h3-8,11-12H,2,9-10,13H2,1H3,(H,23,25). The van der Waals surface area contributed by atoms with Crippen LogP contribution in [-0.2, 0) is 9.59 Å². The molecule has 1 N–H and O–H groups in total. The molecule has 2 heterocycles. The summed E-state index contributed by atoms with van der Waals surface area (Å²) in [6.45, 7) is 2.90. The third-order valence-electron chi connectivity index (χ3n) is 4.58. The van der Waals surface area contributed by atoms with E-state index >= 15 is 0 Å². The Kier molecular flexibility index (Phi) is 6.43. The minimum absolute atomic E-state index is 0.136. The van der Waals surface area contributed by atoms with Gasteiger partial charge >= 0.3 is 0 Å². The minimum Gasteiger partial charge on any atom is -0.494 e. The fourth-order valence-corrected chi connectivity index (χ4v) is 4.39. The van der Waals surface area contributed by atoms with E-state index in [-0.39, 0.29) is 31.6 Å². The van der Waals surface area contributed by atoms with Crippen LogP contribution in [0.2, 0.25) is 0 Å². The van der Waals surface area contributed by atoms with Crippen molar-refractivity contribution in [3.8, 4) is 17.2 Å². The maximum atomic E-state index is 12.8. The van der Waals surface area contributed by atoms with E-state index in [0.29, 0.717) is 33.0 Å². The highest BCUT2D eigenvalue weighted by atomic mass is 32.2. The third kappa shape index (κ3) is 5.00. The molecule has 2 aliphatic heterocycles. The van der Waals surface area contributed by atoms with Gasteiger partial charge in [0.1, 0.15) is 10.1 Å². The van der Waals surface area contributed by atoms with Crippen LogP contribution in [0.4, 0.5) is 5.69 Å². The summed E-state index contributed by atoms with van der Waals surface area (Å²) < 4.78 is 16.5. The predicted octanol–water partition coefficient (Wildman–Crippen LogP) is 4.04. The fraction of sp³-hybridized carbons (Fsp3) is 0.227. The first-order valence-corrected chi connectivity index (χ1v) is 10.9. The van der Waals surface area contributed by atoms with E-state index < -0.39 is 0 Å². The van der Waals surface area contributed by atoms with Crippen LogP contribution in [0.25, 0.3) is 6.08 Å². The van der Waals surface area contributed by atoms with Gasteiger partial charge < -0.3 is 19.5 Å². The van der Waals surface area contributed by atoms with Crippen molar-refractivity contribution in [3.05, 3.63) is 52.9 Å². The molecule has 0 radical (unpaired) electrons. The first-order valence-electron chi connectivity index (χ1n) is 9.71. The molecule has 2 aliphatic rings. The van der Waals surface area contributed by atoms with Crippen molar-refractivity contribution in [3.63, 3.8) is 0 Å². The molecule has 31 heavy (non-hydrogen) atoms. The summed E-state index contributed by atoms with van der Waals surface area (Å²) in [5, 5.41) is 2.82. The lowest BCUT2D eigenvalue weighted by molar-refractivity contribution is -0.122. The van der Waals surface area contributed by atoms with Gasteiger partial charge in [0.25, 0.3) is 5.91 Å². The van der Waals surface area contributed by atoms with Crippen molar-refractivity contribution >= 4 is 51.9 Å². The van der Waals surface area contributed by atoms with Crippen LogP contribution in [0, 0.1) is 0 Å². The molecule has 0 unspecified atom stereocenters. The molecule has 1 saturated heterocycles. The van der Waals surface area contributed by atoms with Gasteiger partial charge in [-0.05, 0) is 55.0 Å². The highest BCUT2D eigenvalue weighted by Gasteiger charge is 2.32. The molecule has 2 amide bonds. The summed E-state index contributed by atoms with van der Waals surface area (Å²) in [5.41, 5.74) is 1.49. The van der Waals surface area contributed by atoms with Crippen molar-refractivity contribution in [2.45, 2.75) is 13.3 Å². The zero-order valence-electron chi connectivity index (χ0n) is 16.8. The van der Waals surface area contributed by atoms with Gasteiger partial charge in [-0.15, -0.1) is 0 Å². The summed E-state index contributed by atoms with van der Waals surface area (Å²) in [6.07, 6.45) is 1.90. The largest absolute Gasteiger partial charge is 0.494 e. The van der Waals surface area contributed by atoms with E-state index in [1.54, 1.807) is 36.4 Å². The molecular formula is C22H20N2O5S2. The fourth-order valence-electron chi connectivity index (χ4n) is 3.09. The second-order valence-corrected chi connectivity index (χ2v) is 8.38. The van der Waals surface area contributed by atoms with Crippen molar-refractivity contribution in [2.24, 2.45) is 0 Å². The number of nitrogens with one attached hydrogen (secondary N) is 1. The summed E-state index contributed by atoms with van der Waals surface area (Å²) in [5.74, 6) is 1.67. The van der Waals surface area contributed by atoms with Gasteiger partial charge in [0, 0.05) is 18.7 Å². The lowest BCUT2D eigenvalue weighted by Crippen LogP contribution is -2.31. The molecule has 0 saturated carbocycles. The Morgan fingerprint density at radius 2 is 2.00 bits per heavy atom. The first kappa shape index (κ1) is 21.2. The van der Waals surface area contributed by atoms with Crippen molar-refractivity contribution in [2.75, 3.05) is 25.3 Å². The molecule has 7 nitrogen and oxygen atoms in total. The van der Waals surface area contributed by atoms with Gasteiger partial charge in [-0.2, -0.15) is 0 Å². The number of anilines is 1. The summed E-state index contributed by atoms with van der Waals surface area (Å²) in [6, 6.07) is 12.6. The Morgan fingerprint density at radius 1 is 1.23 bits per heavy atom. The van der Waals surface area contributed by atoms with Crippen molar-refractivity contribution in [1.82, 2.24) is 4.90 Å². The number of carbonyl (C=O) groups excluding carboxylic acids is 2. The average molecular weight is 457 g/mol. The number of benzene rings is 2. The minimum atomic E-state index is -0.207. The van der Waals surface area contributed by atoms with E-state index in [4.69, 9.17) is 26.4 Å². The Morgan fingerprint density at radius 3 is 2.77 bits per heavy atom. The number of thiocarbonyl (C=S) groups is 1. The van der Waals surface area contributed by atoms with Crippen LogP contribution >= 0.6 is 24.0 Å². The number of nitrogens with zero attached hydrogens (tertiary/aromatic N) is 1. The number of fused-ring (bicyclic) bond motifs is 1. The van der Waals surface area contributed by atoms with Gasteiger partial charge in [0.15, 0.2) is 11.5 Å². The number of hydrogen-bond donors (Lipinski definition) is 1. The smallest absolute Gasteiger partial charge is 0.266 e. The number of amides is 2. The monoisotopic (exact) mass is 456 g/mol. The Labute approximate surface area is 189 Å². The third-order valence-corrected chi connectivity index (χ3v) is 5.96. The summed E-state index contributed by atoms with van der Waals surface area (Å²) in [7, 11) is 0. The Hall–Kier alpha value is -3.04. The van der Waals surface area contributed by atoms with Crippen molar-refractivity contribution in [1.29, 1.82) is 0 Å². The van der Waals surface area contributed by atoms with Crippen LogP contribution in [0.1, 0.15) is 18.9 Å². The van der Waals surface area contributed by atoms with Crippen LogP contribution < -0.4 is 19.5 Å². The number of carbonyl (C=O) groups is 2. The molecule has 2 aromatic rings. The topological polar surface area (TPSA) is 77.1 Å². The maximum absolute atomic E-state index is 12.8. The maximum Gasteiger partial charge on any atom is 0.266 e. The van der Waals surface area contributed by atoms with E-state index in [9.17, 15) is 9.59 Å². The molecule has 2 aromatic carbocycles. The highest BCUT2D eigenvalue weighted by molar-refractivity contribution is 8.26. The lowest BCUT2D eigenvalue weighted by Gasteiger charge is -2.14. The quantitative estimate of drug-likeness (QED) is 0.498. The molecule has 0 aromatic heterocycles. The van der Waals surface area contributed by atoms with E-state index in [1.165, 1.54) is 16.7 Å². The van der Waals surface area contributed by atoms with Gasteiger partial charge in [0.05, 0.1) is 11.5 Å². The average Bonchev–Trinajstić information content (AvgIpc) is 3.32. The molecular weight excluding hydrogens is 436 g/mol. The van der Waals surface area contributed by atoms with E-state index in [0.717, 1.165) is 11.3 Å². The Bertz CT molecular complexity index is 1050. The predicted molar refractivity (Wildman–Crippen MR) is 123 cm³/mol. The molecule has 9 heteroatoms. The summed E-state index contributed by atoms with van der Waals surface area (Å²) >= 11 is 6.57. The molecule has 0 atom stereocenters. The number of rotatable bonds is 7. The van der Waals surface area contributed by atoms with Gasteiger partial charge in [-0.1, -0.05) is 30.0 Å². The van der Waals surface area contributed by atoms with Gasteiger partial charge in [0.2, 0.25) is 12.7 Å². The SMILES string of the molecule is CCOc1ccc(NC(=O)CCN2C(=O)C(=Cc3ccc4c(c3)OCO4)SC2=S)cc1. The Balaban J connectivity index is 1.34. The molecule has 1 fully saturated rings. The molecule has 0 spiro atoms. The number of thioether (sulfide) groups is 1. The zero-order chi connectivity index (χ0) is 21.8. The van der Waals surface area contributed by atoms with Crippen LogP contribution in [0.5, 0.6) is 17.2 Å². The number of ether oxygens (including phenoxy) is 3. The van der Waals surface area contributed by atoms with Crippen LogP contribution in [0.15, 0.2) is 47.4 Å². The molecule has 4 rings (SSSR count). The molecule has 0 aliphatic carbocycles. The van der Waals surface area contributed by atoms with Crippen LogP contribution in [-0.4, -0.2) is 41.0 Å². The van der Waals surface area contributed by atoms with Gasteiger partial charge in [-0.25, -0.2) is 0 Å². The van der Waals surface area contributed by atoms with E-state index in [2.05, 4.69) is 5.32 Å². The first-order chi connectivity index (χ1) is 15.0.